The van der Waals surface area contributed by atoms with Gasteiger partial charge in [-0.1, -0.05) is 15.9 Å². The Morgan fingerprint density at radius 2 is 2.21 bits per heavy atom. The minimum atomic E-state index is -0.404. The van der Waals surface area contributed by atoms with Crippen LogP contribution in [0.1, 0.15) is 36.0 Å². The molecule has 1 saturated carbocycles. The highest BCUT2D eigenvalue weighted by molar-refractivity contribution is 9.10. The number of hydrogen-bond acceptors (Lipinski definition) is 3. The van der Waals surface area contributed by atoms with E-state index in [0.29, 0.717) is 17.9 Å². The average Bonchev–Trinajstić information content (AvgIpc) is 2.41. The molecular formula is C15H15BrO3. The van der Waals surface area contributed by atoms with Crippen LogP contribution in [0.3, 0.4) is 0 Å². The Labute approximate surface area is 120 Å². The molecule has 3 aliphatic heterocycles. The molecule has 3 heterocycles. The van der Waals surface area contributed by atoms with Gasteiger partial charge in [0.25, 0.3) is 0 Å². The van der Waals surface area contributed by atoms with E-state index in [1.807, 2.05) is 18.2 Å². The number of ketones is 1. The predicted molar refractivity (Wildman–Crippen MR) is 73.5 cm³/mol. The zero-order valence-corrected chi connectivity index (χ0v) is 12.1. The van der Waals surface area contributed by atoms with Crippen LogP contribution in [0, 0.1) is 5.92 Å². The van der Waals surface area contributed by atoms with Gasteiger partial charge in [-0.2, -0.15) is 0 Å². The highest BCUT2D eigenvalue weighted by Crippen LogP contribution is 2.48. The number of carbonyl (C=O) groups is 1. The van der Waals surface area contributed by atoms with Crippen molar-refractivity contribution in [1.82, 2.24) is 0 Å². The van der Waals surface area contributed by atoms with Crippen molar-refractivity contribution < 1.29 is 14.3 Å². The number of rotatable bonds is 0. The first-order chi connectivity index (χ1) is 9.16. The molecule has 0 aromatic heterocycles. The van der Waals surface area contributed by atoms with Gasteiger partial charge in [0.1, 0.15) is 11.4 Å². The van der Waals surface area contributed by atoms with Gasteiger partial charge >= 0.3 is 0 Å². The first kappa shape index (κ1) is 11.9. The fourth-order valence-corrected chi connectivity index (χ4v) is 4.09. The van der Waals surface area contributed by atoms with Crippen molar-refractivity contribution in [3.05, 3.63) is 28.2 Å². The lowest BCUT2D eigenvalue weighted by atomic mass is 9.70. The van der Waals surface area contributed by atoms with Crippen LogP contribution < -0.4 is 4.74 Å². The summed E-state index contributed by atoms with van der Waals surface area (Å²) in [6, 6.07) is 5.67. The lowest BCUT2D eigenvalue weighted by Gasteiger charge is -2.52. The molecule has 0 N–H and O–H groups in total. The van der Waals surface area contributed by atoms with E-state index in [1.54, 1.807) is 0 Å². The van der Waals surface area contributed by atoms with Crippen LogP contribution in [0.15, 0.2) is 22.7 Å². The van der Waals surface area contributed by atoms with Crippen molar-refractivity contribution >= 4 is 21.7 Å². The molecule has 0 amide bonds. The molecule has 4 aliphatic rings. The lowest BCUT2D eigenvalue weighted by molar-refractivity contribution is -0.183. The zero-order chi connectivity index (χ0) is 13.0. The van der Waals surface area contributed by atoms with Gasteiger partial charge in [-0.3, -0.25) is 4.79 Å². The number of ether oxygens (including phenoxy) is 2. The number of benzene rings is 1. The molecule has 4 heteroatoms. The molecule has 2 saturated heterocycles. The average molecular weight is 323 g/mol. The van der Waals surface area contributed by atoms with E-state index in [1.165, 1.54) is 6.42 Å². The van der Waals surface area contributed by atoms with Gasteiger partial charge in [-0.05, 0) is 43.4 Å². The number of halogens is 1. The van der Waals surface area contributed by atoms with Crippen LogP contribution in [0.5, 0.6) is 5.75 Å². The summed E-state index contributed by atoms with van der Waals surface area (Å²) >= 11 is 3.41. The van der Waals surface area contributed by atoms with Gasteiger partial charge in [0.15, 0.2) is 5.78 Å². The van der Waals surface area contributed by atoms with Gasteiger partial charge in [0, 0.05) is 4.47 Å². The molecule has 1 aromatic carbocycles. The fourth-order valence-electron chi connectivity index (χ4n) is 3.73. The molecule has 5 rings (SSSR count). The van der Waals surface area contributed by atoms with Crippen molar-refractivity contribution in [2.24, 2.45) is 5.92 Å². The maximum absolute atomic E-state index is 12.4. The summed E-state index contributed by atoms with van der Waals surface area (Å²) in [7, 11) is 0. The smallest absolute Gasteiger partial charge is 0.170 e. The predicted octanol–water partition coefficient (Wildman–Crippen LogP) is 3.35. The van der Waals surface area contributed by atoms with Crippen LogP contribution in [-0.4, -0.2) is 24.1 Å². The zero-order valence-electron chi connectivity index (χ0n) is 10.5. The number of fused-ring (bicyclic) bond motifs is 3. The van der Waals surface area contributed by atoms with Gasteiger partial charge in [-0.15, -0.1) is 0 Å². The molecule has 3 unspecified atom stereocenters. The van der Waals surface area contributed by atoms with Gasteiger partial charge < -0.3 is 9.47 Å². The summed E-state index contributed by atoms with van der Waals surface area (Å²) in [5.41, 5.74) is 0.292. The molecule has 3 fully saturated rings. The van der Waals surface area contributed by atoms with Crippen LogP contribution in [-0.2, 0) is 4.74 Å². The Kier molecular flexibility index (Phi) is 2.55. The summed E-state index contributed by atoms with van der Waals surface area (Å²) in [6.07, 6.45) is 3.72. The molecule has 100 valence electrons. The van der Waals surface area contributed by atoms with E-state index in [2.05, 4.69) is 15.9 Å². The van der Waals surface area contributed by atoms with Crippen molar-refractivity contribution in [2.75, 3.05) is 6.61 Å². The second-order valence-corrected chi connectivity index (χ2v) is 6.79. The van der Waals surface area contributed by atoms with E-state index >= 15 is 0 Å². The molecule has 0 radical (unpaired) electrons. The monoisotopic (exact) mass is 322 g/mol. The normalized spacial score (nSPS) is 36.2. The fraction of sp³-hybridized carbons (Fsp3) is 0.533. The number of carbonyl (C=O) groups excluding carboxylic acids is 1. The second-order valence-electron chi connectivity index (χ2n) is 5.88. The van der Waals surface area contributed by atoms with Crippen molar-refractivity contribution in [1.29, 1.82) is 0 Å². The van der Waals surface area contributed by atoms with E-state index in [0.717, 1.165) is 29.7 Å². The van der Waals surface area contributed by atoms with Gasteiger partial charge in [0.05, 0.1) is 24.7 Å². The Bertz CT molecular complexity index is 548. The third kappa shape index (κ3) is 1.77. The number of Topliss-reactive ketones (excluding diaryl/α,β-unsaturated/α-hetero) is 1. The Morgan fingerprint density at radius 3 is 2.89 bits per heavy atom. The van der Waals surface area contributed by atoms with E-state index in [4.69, 9.17) is 9.47 Å². The van der Waals surface area contributed by atoms with E-state index in [-0.39, 0.29) is 11.9 Å². The Morgan fingerprint density at radius 1 is 1.32 bits per heavy atom. The highest BCUT2D eigenvalue weighted by Gasteiger charge is 2.53. The first-order valence-corrected chi connectivity index (χ1v) is 7.59. The summed E-state index contributed by atoms with van der Waals surface area (Å²) in [5, 5.41) is 0. The van der Waals surface area contributed by atoms with E-state index in [9.17, 15) is 4.79 Å². The Balaban J connectivity index is 1.75. The third-order valence-corrected chi connectivity index (χ3v) is 5.10. The molecule has 1 aromatic rings. The van der Waals surface area contributed by atoms with Crippen LogP contribution >= 0.6 is 15.9 Å². The van der Waals surface area contributed by atoms with Crippen molar-refractivity contribution in [3.8, 4) is 5.75 Å². The summed E-state index contributed by atoms with van der Waals surface area (Å²) in [4.78, 5) is 12.4. The molecule has 3 atom stereocenters. The molecule has 3 nitrogen and oxygen atoms in total. The van der Waals surface area contributed by atoms with Crippen LogP contribution in [0.25, 0.3) is 0 Å². The van der Waals surface area contributed by atoms with Crippen LogP contribution in [0.4, 0.5) is 0 Å². The van der Waals surface area contributed by atoms with Crippen molar-refractivity contribution in [3.63, 3.8) is 0 Å². The van der Waals surface area contributed by atoms with Gasteiger partial charge in [0.2, 0.25) is 0 Å². The quantitative estimate of drug-likeness (QED) is 0.734. The minimum absolute atomic E-state index is 0.0817. The molecule has 2 bridgehead atoms. The van der Waals surface area contributed by atoms with Crippen molar-refractivity contribution in [2.45, 2.75) is 37.4 Å². The molecular weight excluding hydrogens is 308 g/mol. The summed E-state index contributed by atoms with van der Waals surface area (Å²) in [6.45, 7) is 0.831. The first-order valence-electron chi connectivity index (χ1n) is 6.80. The van der Waals surface area contributed by atoms with Gasteiger partial charge in [-0.25, -0.2) is 0 Å². The number of hydrogen-bond donors (Lipinski definition) is 0. The SMILES string of the molecule is O=C1CC2(CC3CCC2OC3)Oc2ccc(Br)cc21. The molecule has 1 aliphatic carbocycles. The Hall–Kier alpha value is -0.870. The molecule has 19 heavy (non-hydrogen) atoms. The topological polar surface area (TPSA) is 35.5 Å². The standard InChI is InChI=1S/C15H15BrO3/c16-10-2-3-13-11(5-10)12(17)7-15(19-13)6-9-1-4-14(15)18-8-9/h2-3,5,9,14H,1,4,6-8H2. The maximum atomic E-state index is 12.4. The second kappa shape index (κ2) is 4.06. The largest absolute Gasteiger partial charge is 0.483 e. The third-order valence-electron chi connectivity index (χ3n) is 4.61. The molecule has 1 spiro atoms. The highest BCUT2D eigenvalue weighted by atomic mass is 79.9. The minimum Gasteiger partial charge on any atom is -0.483 e. The maximum Gasteiger partial charge on any atom is 0.170 e. The lowest BCUT2D eigenvalue weighted by Crippen LogP contribution is -2.60. The summed E-state index contributed by atoms with van der Waals surface area (Å²) < 4.78 is 13.0. The van der Waals surface area contributed by atoms with E-state index < -0.39 is 5.60 Å². The summed E-state index contributed by atoms with van der Waals surface area (Å²) in [5.74, 6) is 1.45. The van der Waals surface area contributed by atoms with Crippen LogP contribution in [0.2, 0.25) is 0 Å².